The largest absolute Gasteiger partial charge is 0.489 e. The van der Waals surface area contributed by atoms with E-state index in [1.807, 2.05) is 36.4 Å². The summed E-state index contributed by atoms with van der Waals surface area (Å²) < 4.78 is 8.29. The van der Waals surface area contributed by atoms with Crippen molar-refractivity contribution in [2.24, 2.45) is 5.92 Å². The Morgan fingerprint density at radius 2 is 1.95 bits per heavy atom. The van der Waals surface area contributed by atoms with Crippen LogP contribution in [0.5, 0.6) is 5.75 Å². The number of carbonyl (C=O) groups excluding carboxylic acids is 1. The molecule has 0 radical (unpaired) electrons. The zero-order chi connectivity index (χ0) is 25.6. The molecule has 4 aromatic rings. The SMILES string of the molecule is CCCCNC(=O)NC[C@H]1C[C@H](n2cc(-c3cccc(OCc4ccccc4)c3)c3c(N)ncnc32)C1. The maximum absolute atomic E-state index is 12.0. The summed E-state index contributed by atoms with van der Waals surface area (Å²) in [4.78, 5) is 20.8. The summed E-state index contributed by atoms with van der Waals surface area (Å²) in [6.45, 7) is 4.01. The zero-order valence-electron chi connectivity index (χ0n) is 21.2. The van der Waals surface area contributed by atoms with Crippen LogP contribution in [0.1, 0.15) is 44.2 Å². The van der Waals surface area contributed by atoms with Crippen LogP contribution in [0.15, 0.2) is 67.1 Å². The number of nitrogen functional groups attached to an aromatic ring is 1. The quantitative estimate of drug-likeness (QED) is 0.257. The van der Waals surface area contributed by atoms with E-state index in [1.165, 1.54) is 6.33 Å². The highest BCUT2D eigenvalue weighted by molar-refractivity contribution is 6.00. The molecule has 0 atom stereocenters. The van der Waals surface area contributed by atoms with Gasteiger partial charge in [-0.3, -0.25) is 0 Å². The van der Waals surface area contributed by atoms with Gasteiger partial charge in [-0.1, -0.05) is 55.8 Å². The number of unbranched alkanes of at least 4 members (excludes halogenated alkanes) is 1. The topological polar surface area (TPSA) is 107 Å². The van der Waals surface area contributed by atoms with E-state index in [9.17, 15) is 4.79 Å². The molecule has 2 aromatic heterocycles. The molecule has 0 bridgehead atoms. The predicted octanol–water partition coefficient (Wildman–Crippen LogP) is 5.31. The second-order valence-electron chi connectivity index (χ2n) is 9.69. The second-order valence-corrected chi connectivity index (χ2v) is 9.69. The van der Waals surface area contributed by atoms with Crippen LogP contribution in [0.3, 0.4) is 0 Å². The Morgan fingerprint density at radius 3 is 2.76 bits per heavy atom. The lowest BCUT2D eigenvalue weighted by Crippen LogP contribution is -2.41. The number of benzene rings is 2. The molecular formula is C29H34N6O2. The first-order valence-electron chi connectivity index (χ1n) is 13.0. The number of hydrogen-bond acceptors (Lipinski definition) is 5. The number of fused-ring (bicyclic) bond motifs is 1. The van der Waals surface area contributed by atoms with E-state index in [4.69, 9.17) is 10.5 Å². The van der Waals surface area contributed by atoms with Gasteiger partial charge in [-0.15, -0.1) is 0 Å². The summed E-state index contributed by atoms with van der Waals surface area (Å²) in [5.41, 5.74) is 10.3. The predicted molar refractivity (Wildman–Crippen MR) is 146 cm³/mol. The van der Waals surface area contributed by atoms with Gasteiger partial charge in [0, 0.05) is 30.9 Å². The summed E-state index contributed by atoms with van der Waals surface area (Å²) in [5, 5.41) is 6.77. The number of urea groups is 1. The maximum atomic E-state index is 12.0. The van der Waals surface area contributed by atoms with Gasteiger partial charge in [-0.25, -0.2) is 14.8 Å². The van der Waals surface area contributed by atoms with Crippen LogP contribution in [-0.2, 0) is 6.61 Å². The Labute approximate surface area is 217 Å². The number of aromatic nitrogens is 3. The lowest BCUT2D eigenvalue weighted by atomic mass is 9.80. The van der Waals surface area contributed by atoms with Gasteiger partial charge in [0.25, 0.3) is 0 Å². The summed E-state index contributed by atoms with van der Waals surface area (Å²) in [5.74, 6) is 1.71. The number of carbonyl (C=O) groups is 1. The Bertz CT molecular complexity index is 1350. The monoisotopic (exact) mass is 498 g/mol. The van der Waals surface area contributed by atoms with Crippen molar-refractivity contribution in [1.29, 1.82) is 0 Å². The number of nitrogens with one attached hydrogen (secondary N) is 2. The van der Waals surface area contributed by atoms with Crippen LogP contribution in [0.4, 0.5) is 10.6 Å². The standard InChI is InChI=1S/C29H34N6O2/c1-2-3-12-31-29(36)32-16-21-13-23(14-21)35-17-25(26-27(30)33-19-34-28(26)35)22-10-7-11-24(15-22)37-18-20-8-5-4-6-9-20/h4-11,15,17,19,21,23H,2-3,12-14,16,18H2,1H3,(H2,30,33,34)(H2,31,32,36)/t21-,23-. The molecular weight excluding hydrogens is 464 g/mol. The molecule has 2 heterocycles. The minimum absolute atomic E-state index is 0.0829. The summed E-state index contributed by atoms with van der Waals surface area (Å²) >= 11 is 0. The third-order valence-electron chi connectivity index (χ3n) is 7.00. The van der Waals surface area contributed by atoms with Gasteiger partial charge >= 0.3 is 6.03 Å². The first-order chi connectivity index (χ1) is 18.1. The van der Waals surface area contributed by atoms with Gasteiger partial charge in [0.2, 0.25) is 0 Å². The van der Waals surface area contributed by atoms with Crippen molar-refractivity contribution in [3.63, 3.8) is 0 Å². The molecule has 2 amide bonds. The summed E-state index contributed by atoms with van der Waals surface area (Å²) in [7, 11) is 0. The number of rotatable bonds is 10. The van der Waals surface area contributed by atoms with Crippen molar-refractivity contribution in [2.45, 2.75) is 45.3 Å². The number of anilines is 1. The van der Waals surface area contributed by atoms with Crippen molar-refractivity contribution < 1.29 is 9.53 Å². The molecule has 0 spiro atoms. The van der Waals surface area contributed by atoms with Crippen molar-refractivity contribution in [1.82, 2.24) is 25.2 Å². The fourth-order valence-electron chi connectivity index (χ4n) is 4.87. The molecule has 192 valence electrons. The Morgan fingerprint density at radius 1 is 1.11 bits per heavy atom. The number of amides is 2. The summed E-state index contributed by atoms with van der Waals surface area (Å²) in [6, 6.07) is 18.4. The van der Waals surface area contributed by atoms with Gasteiger partial charge < -0.3 is 25.7 Å². The number of ether oxygens (including phenoxy) is 1. The Hall–Kier alpha value is -4.07. The maximum Gasteiger partial charge on any atom is 0.314 e. The summed E-state index contributed by atoms with van der Waals surface area (Å²) in [6.07, 6.45) is 7.67. The molecule has 4 N–H and O–H groups in total. The van der Waals surface area contributed by atoms with Gasteiger partial charge in [-0.2, -0.15) is 0 Å². The van der Waals surface area contributed by atoms with Crippen molar-refractivity contribution in [3.05, 3.63) is 72.7 Å². The fourth-order valence-corrected chi connectivity index (χ4v) is 4.87. The third-order valence-corrected chi connectivity index (χ3v) is 7.00. The van der Waals surface area contributed by atoms with Crippen molar-refractivity contribution in [2.75, 3.05) is 18.8 Å². The van der Waals surface area contributed by atoms with Crippen LogP contribution in [0.25, 0.3) is 22.2 Å². The molecule has 0 aliphatic heterocycles. The number of nitrogens with zero attached hydrogens (tertiary/aromatic N) is 3. The highest BCUT2D eigenvalue weighted by Gasteiger charge is 2.32. The fraction of sp³-hybridized carbons (Fsp3) is 0.345. The normalized spacial score (nSPS) is 16.8. The Balaban J connectivity index is 1.30. The van der Waals surface area contributed by atoms with E-state index in [0.717, 1.165) is 59.2 Å². The van der Waals surface area contributed by atoms with E-state index in [0.29, 0.717) is 37.5 Å². The van der Waals surface area contributed by atoms with Crippen molar-refractivity contribution >= 4 is 22.9 Å². The van der Waals surface area contributed by atoms with E-state index in [-0.39, 0.29) is 6.03 Å². The van der Waals surface area contributed by atoms with Crippen LogP contribution in [0.2, 0.25) is 0 Å². The average Bonchev–Trinajstić information content (AvgIpc) is 3.28. The minimum Gasteiger partial charge on any atom is -0.489 e. The average molecular weight is 499 g/mol. The van der Waals surface area contributed by atoms with E-state index in [1.54, 1.807) is 0 Å². The molecule has 1 aliphatic rings. The number of nitrogens with two attached hydrogens (primary N) is 1. The van der Waals surface area contributed by atoms with Crippen molar-refractivity contribution in [3.8, 4) is 16.9 Å². The van der Waals surface area contributed by atoms with Crippen LogP contribution in [-0.4, -0.2) is 33.7 Å². The highest BCUT2D eigenvalue weighted by Crippen LogP contribution is 2.42. The molecule has 5 rings (SSSR count). The minimum atomic E-state index is -0.0829. The second kappa shape index (κ2) is 11.3. The molecule has 0 unspecified atom stereocenters. The molecule has 8 nitrogen and oxygen atoms in total. The lowest BCUT2D eigenvalue weighted by molar-refractivity contribution is 0.192. The van der Waals surface area contributed by atoms with Gasteiger partial charge in [-0.05, 0) is 48.4 Å². The highest BCUT2D eigenvalue weighted by atomic mass is 16.5. The van der Waals surface area contributed by atoms with Crippen LogP contribution in [0, 0.1) is 5.92 Å². The van der Waals surface area contributed by atoms with Crippen LogP contribution < -0.4 is 21.1 Å². The van der Waals surface area contributed by atoms with Crippen LogP contribution >= 0.6 is 0 Å². The Kier molecular flexibility index (Phi) is 7.54. The smallest absolute Gasteiger partial charge is 0.314 e. The van der Waals surface area contributed by atoms with E-state index in [2.05, 4.69) is 56.5 Å². The van der Waals surface area contributed by atoms with E-state index >= 15 is 0 Å². The molecule has 1 aliphatic carbocycles. The lowest BCUT2D eigenvalue weighted by Gasteiger charge is -2.36. The molecule has 1 fully saturated rings. The van der Waals surface area contributed by atoms with Gasteiger partial charge in [0.1, 0.15) is 30.1 Å². The molecule has 1 saturated carbocycles. The molecule has 37 heavy (non-hydrogen) atoms. The molecule has 0 saturated heterocycles. The number of hydrogen-bond donors (Lipinski definition) is 3. The third kappa shape index (κ3) is 5.69. The van der Waals surface area contributed by atoms with Gasteiger partial charge in [0.05, 0.1) is 5.39 Å². The molecule has 8 heteroatoms. The molecule has 2 aromatic carbocycles. The first-order valence-corrected chi connectivity index (χ1v) is 13.0. The van der Waals surface area contributed by atoms with Gasteiger partial charge in [0.15, 0.2) is 0 Å². The van der Waals surface area contributed by atoms with E-state index < -0.39 is 0 Å². The first kappa shape index (κ1) is 24.6. The zero-order valence-corrected chi connectivity index (χ0v) is 21.2.